The van der Waals surface area contributed by atoms with Gasteiger partial charge in [-0.25, -0.2) is 8.42 Å². The third-order valence-corrected chi connectivity index (χ3v) is 5.33. The van der Waals surface area contributed by atoms with Gasteiger partial charge in [0.2, 0.25) is 0 Å². The molecule has 0 saturated carbocycles. The first-order chi connectivity index (χ1) is 7.98. The number of halogens is 1. The number of rotatable bonds is 3. The molecule has 0 unspecified atom stereocenters. The molecule has 0 aromatic heterocycles. The quantitative estimate of drug-likeness (QED) is 0.845. The summed E-state index contributed by atoms with van der Waals surface area (Å²) in [5.41, 5.74) is 1.04. The lowest BCUT2D eigenvalue weighted by Crippen LogP contribution is -2.32. The van der Waals surface area contributed by atoms with Gasteiger partial charge in [0.25, 0.3) is 0 Å². The van der Waals surface area contributed by atoms with Crippen LogP contribution in [0.5, 0.6) is 0 Å². The summed E-state index contributed by atoms with van der Waals surface area (Å²) >= 11 is 6.09. The monoisotopic (exact) mass is 273 g/mol. The second-order valence-electron chi connectivity index (χ2n) is 4.56. The minimum atomic E-state index is -2.82. The van der Waals surface area contributed by atoms with Crippen molar-refractivity contribution in [2.75, 3.05) is 18.6 Å². The van der Waals surface area contributed by atoms with Gasteiger partial charge in [0.15, 0.2) is 9.84 Å². The average Bonchev–Trinajstić information content (AvgIpc) is 2.62. The van der Waals surface area contributed by atoms with E-state index in [0.29, 0.717) is 12.3 Å². The highest BCUT2D eigenvalue weighted by molar-refractivity contribution is 7.91. The maximum atomic E-state index is 11.4. The van der Waals surface area contributed by atoms with E-state index in [1.54, 1.807) is 0 Å². The van der Waals surface area contributed by atoms with Crippen LogP contribution in [0.25, 0.3) is 0 Å². The highest BCUT2D eigenvalue weighted by atomic mass is 35.5. The van der Waals surface area contributed by atoms with Crippen molar-refractivity contribution in [1.29, 1.82) is 0 Å². The molecule has 2 rings (SSSR count). The van der Waals surface area contributed by atoms with Gasteiger partial charge < -0.3 is 0 Å². The zero-order valence-electron chi connectivity index (χ0n) is 9.77. The molecule has 17 heavy (non-hydrogen) atoms. The molecule has 1 aromatic rings. The molecule has 0 bridgehead atoms. The molecule has 1 aliphatic rings. The van der Waals surface area contributed by atoms with Crippen LogP contribution in [0.1, 0.15) is 12.0 Å². The van der Waals surface area contributed by atoms with Crippen molar-refractivity contribution in [2.24, 2.45) is 0 Å². The first kappa shape index (κ1) is 12.9. The molecule has 3 nitrogen and oxygen atoms in total. The van der Waals surface area contributed by atoms with E-state index in [-0.39, 0.29) is 11.8 Å². The molecule has 1 fully saturated rings. The lowest BCUT2D eigenvalue weighted by Gasteiger charge is -2.23. The zero-order chi connectivity index (χ0) is 12.5. The highest BCUT2D eigenvalue weighted by Gasteiger charge is 2.30. The standard InChI is InChI=1S/C12H16ClNO2S/c1-14(11-6-7-17(15,16)9-11)8-10-4-2-3-5-12(10)13/h2-5,11H,6-9H2,1H3/t11-/m1/s1. The molecule has 1 saturated heterocycles. The Morgan fingerprint density at radius 3 is 2.71 bits per heavy atom. The number of sulfone groups is 1. The Balaban J connectivity index is 2.03. The Labute approximate surface area is 107 Å². The maximum absolute atomic E-state index is 11.4. The normalized spacial score (nSPS) is 23.1. The van der Waals surface area contributed by atoms with Crippen LogP contribution in [-0.4, -0.2) is 37.9 Å². The zero-order valence-corrected chi connectivity index (χ0v) is 11.3. The Hall–Kier alpha value is -0.580. The molecule has 1 heterocycles. The largest absolute Gasteiger partial charge is 0.298 e. The fraction of sp³-hybridized carbons (Fsp3) is 0.500. The minimum Gasteiger partial charge on any atom is -0.298 e. The van der Waals surface area contributed by atoms with Crippen molar-refractivity contribution < 1.29 is 8.42 Å². The Morgan fingerprint density at radius 2 is 2.12 bits per heavy atom. The van der Waals surface area contributed by atoms with Crippen LogP contribution in [0.2, 0.25) is 5.02 Å². The summed E-state index contributed by atoms with van der Waals surface area (Å²) in [4.78, 5) is 2.08. The van der Waals surface area contributed by atoms with Crippen LogP contribution in [0.3, 0.4) is 0 Å². The van der Waals surface area contributed by atoms with E-state index in [0.717, 1.165) is 17.0 Å². The van der Waals surface area contributed by atoms with Crippen LogP contribution in [0.15, 0.2) is 24.3 Å². The smallest absolute Gasteiger partial charge is 0.151 e. The fourth-order valence-corrected chi connectivity index (χ4v) is 4.15. The van der Waals surface area contributed by atoms with E-state index in [9.17, 15) is 8.42 Å². The second kappa shape index (κ2) is 4.96. The van der Waals surface area contributed by atoms with Gasteiger partial charge in [-0.3, -0.25) is 4.90 Å². The van der Waals surface area contributed by atoms with Gasteiger partial charge in [0.1, 0.15) is 0 Å². The molecular formula is C12H16ClNO2S. The van der Waals surface area contributed by atoms with Crippen LogP contribution < -0.4 is 0 Å². The average molecular weight is 274 g/mol. The van der Waals surface area contributed by atoms with E-state index >= 15 is 0 Å². The molecule has 0 amide bonds. The summed E-state index contributed by atoms with van der Waals surface area (Å²) in [6.45, 7) is 0.694. The van der Waals surface area contributed by atoms with Crippen LogP contribution in [0.4, 0.5) is 0 Å². The van der Waals surface area contributed by atoms with E-state index < -0.39 is 9.84 Å². The van der Waals surface area contributed by atoms with Crippen molar-refractivity contribution >= 4 is 21.4 Å². The van der Waals surface area contributed by atoms with Crippen molar-refractivity contribution in [2.45, 2.75) is 19.0 Å². The number of benzene rings is 1. The summed E-state index contributed by atoms with van der Waals surface area (Å²) in [5, 5.41) is 0.736. The van der Waals surface area contributed by atoms with Gasteiger partial charge in [0.05, 0.1) is 11.5 Å². The maximum Gasteiger partial charge on any atom is 0.151 e. The van der Waals surface area contributed by atoms with Gasteiger partial charge in [0, 0.05) is 17.6 Å². The van der Waals surface area contributed by atoms with Crippen molar-refractivity contribution in [1.82, 2.24) is 4.90 Å². The summed E-state index contributed by atoms with van der Waals surface area (Å²) in [7, 11) is -0.864. The molecule has 0 spiro atoms. The minimum absolute atomic E-state index is 0.122. The van der Waals surface area contributed by atoms with Gasteiger partial charge in [-0.2, -0.15) is 0 Å². The molecule has 0 radical (unpaired) electrons. The Bertz CT molecular complexity index is 501. The van der Waals surface area contributed by atoms with Crippen LogP contribution in [-0.2, 0) is 16.4 Å². The molecule has 1 atom stereocenters. The van der Waals surface area contributed by atoms with E-state index in [1.165, 1.54) is 0 Å². The summed E-state index contributed by atoms with van der Waals surface area (Å²) in [5.74, 6) is 0.582. The van der Waals surface area contributed by atoms with E-state index in [1.807, 2.05) is 31.3 Å². The molecular weight excluding hydrogens is 258 g/mol. The summed E-state index contributed by atoms with van der Waals surface area (Å²) in [6, 6.07) is 7.79. The number of hydrogen-bond acceptors (Lipinski definition) is 3. The highest BCUT2D eigenvalue weighted by Crippen LogP contribution is 2.21. The Kier molecular flexibility index (Phi) is 3.76. The molecule has 1 aromatic carbocycles. The lowest BCUT2D eigenvalue weighted by molar-refractivity contribution is 0.254. The molecule has 0 N–H and O–H groups in total. The van der Waals surface area contributed by atoms with Gasteiger partial charge in [-0.15, -0.1) is 0 Å². The van der Waals surface area contributed by atoms with Crippen LogP contribution in [0, 0.1) is 0 Å². The van der Waals surface area contributed by atoms with E-state index in [4.69, 9.17) is 11.6 Å². The topological polar surface area (TPSA) is 37.4 Å². The van der Waals surface area contributed by atoms with Crippen LogP contribution >= 0.6 is 11.6 Å². The first-order valence-corrected chi connectivity index (χ1v) is 7.82. The summed E-state index contributed by atoms with van der Waals surface area (Å²) in [6.07, 6.45) is 0.725. The third kappa shape index (κ3) is 3.21. The predicted molar refractivity (Wildman–Crippen MR) is 70.0 cm³/mol. The van der Waals surface area contributed by atoms with Crippen molar-refractivity contribution in [3.8, 4) is 0 Å². The van der Waals surface area contributed by atoms with Gasteiger partial charge in [-0.1, -0.05) is 29.8 Å². The third-order valence-electron chi connectivity index (χ3n) is 3.21. The molecule has 94 valence electrons. The Morgan fingerprint density at radius 1 is 1.41 bits per heavy atom. The predicted octanol–water partition coefficient (Wildman–Crippen LogP) is 1.96. The SMILES string of the molecule is CN(Cc1ccccc1Cl)[C@@H]1CCS(=O)(=O)C1. The lowest BCUT2D eigenvalue weighted by atomic mass is 10.1. The molecule has 5 heteroatoms. The number of hydrogen-bond donors (Lipinski definition) is 0. The molecule has 0 aliphatic carbocycles. The summed E-state index contributed by atoms with van der Waals surface area (Å²) < 4.78 is 22.8. The van der Waals surface area contributed by atoms with Gasteiger partial charge >= 0.3 is 0 Å². The van der Waals surface area contributed by atoms with Crippen molar-refractivity contribution in [3.05, 3.63) is 34.9 Å². The second-order valence-corrected chi connectivity index (χ2v) is 7.20. The van der Waals surface area contributed by atoms with E-state index in [2.05, 4.69) is 4.90 Å². The number of nitrogens with zero attached hydrogens (tertiary/aromatic N) is 1. The van der Waals surface area contributed by atoms with Gasteiger partial charge in [-0.05, 0) is 25.1 Å². The van der Waals surface area contributed by atoms with Crippen molar-refractivity contribution in [3.63, 3.8) is 0 Å². The molecule has 1 aliphatic heterocycles. The first-order valence-electron chi connectivity index (χ1n) is 5.62. The fourth-order valence-electron chi connectivity index (χ4n) is 2.15.